The Labute approximate surface area is 118 Å². The molecule has 2 heterocycles. The molecule has 108 valence electrons. The zero-order valence-corrected chi connectivity index (χ0v) is 12.0. The summed E-state index contributed by atoms with van der Waals surface area (Å²) in [6.45, 7) is 3.23. The van der Waals surface area contributed by atoms with Gasteiger partial charge in [0.15, 0.2) is 0 Å². The molecule has 1 fully saturated rings. The third-order valence-corrected chi connectivity index (χ3v) is 3.98. The van der Waals surface area contributed by atoms with E-state index in [1.165, 1.54) is 12.8 Å². The van der Waals surface area contributed by atoms with Crippen LogP contribution in [0.15, 0.2) is 17.0 Å². The summed E-state index contributed by atoms with van der Waals surface area (Å²) in [7, 11) is 1.93. The van der Waals surface area contributed by atoms with Crippen LogP contribution < -0.4 is 5.32 Å². The molecule has 1 aliphatic rings. The summed E-state index contributed by atoms with van der Waals surface area (Å²) in [5.41, 5.74) is 0.885. The van der Waals surface area contributed by atoms with Crippen molar-refractivity contribution in [3.63, 3.8) is 0 Å². The zero-order valence-electron chi connectivity index (χ0n) is 12.0. The third kappa shape index (κ3) is 2.47. The standard InChI is InChI=1S/C14H21N5O/c1-3-7-16-11-6-4-5-10(11)14-17-13(18-20-14)12-8-15-9-19(12)2/h8-11,16H,3-7H2,1-2H3. The van der Waals surface area contributed by atoms with Crippen LogP contribution in [0.5, 0.6) is 0 Å². The van der Waals surface area contributed by atoms with Gasteiger partial charge in [0.05, 0.1) is 18.4 Å². The fourth-order valence-corrected chi connectivity index (χ4v) is 2.89. The van der Waals surface area contributed by atoms with Crippen molar-refractivity contribution in [3.8, 4) is 11.5 Å². The first-order chi connectivity index (χ1) is 9.79. The van der Waals surface area contributed by atoms with E-state index in [9.17, 15) is 0 Å². The van der Waals surface area contributed by atoms with Crippen molar-refractivity contribution >= 4 is 0 Å². The minimum absolute atomic E-state index is 0.344. The maximum Gasteiger partial charge on any atom is 0.231 e. The smallest absolute Gasteiger partial charge is 0.231 e. The molecule has 20 heavy (non-hydrogen) atoms. The molecular weight excluding hydrogens is 254 g/mol. The van der Waals surface area contributed by atoms with Gasteiger partial charge in [-0.1, -0.05) is 18.5 Å². The molecule has 1 N–H and O–H groups in total. The molecule has 0 bridgehead atoms. The van der Waals surface area contributed by atoms with Crippen LogP contribution in [0.4, 0.5) is 0 Å². The van der Waals surface area contributed by atoms with Gasteiger partial charge in [-0.2, -0.15) is 4.98 Å². The normalized spacial score (nSPS) is 22.5. The number of aromatic nitrogens is 4. The minimum Gasteiger partial charge on any atom is -0.339 e. The summed E-state index contributed by atoms with van der Waals surface area (Å²) >= 11 is 0. The average molecular weight is 275 g/mol. The molecule has 2 unspecified atom stereocenters. The number of nitrogens with zero attached hydrogens (tertiary/aromatic N) is 4. The highest BCUT2D eigenvalue weighted by Crippen LogP contribution is 2.34. The van der Waals surface area contributed by atoms with Gasteiger partial charge in [-0.25, -0.2) is 4.98 Å². The van der Waals surface area contributed by atoms with E-state index in [4.69, 9.17) is 4.52 Å². The number of hydrogen-bond donors (Lipinski definition) is 1. The van der Waals surface area contributed by atoms with Gasteiger partial charge in [0, 0.05) is 13.1 Å². The monoisotopic (exact) mass is 275 g/mol. The number of hydrogen-bond acceptors (Lipinski definition) is 5. The van der Waals surface area contributed by atoms with E-state index in [1.54, 1.807) is 12.5 Å². The highest BCUT2D eigenvalue weighted by molar-refractivity contribution is 5.47. The first-order valence-corrected chi connectivity index (χ1v) is 7.33. The van der Waals surface area contributed by atoms with Crippen molar-refractivity contribution in [1.29, 1.82) is 0 Å². The summed E-state index contributed by atoms with van der Waals surface area (Å²) in [5, 5.41) is 7.69. The van der Waals surface area contributed by atoms with Crippen molar-refractivity contribution in [2.45, 2.75) is 44.6 Å². The molecule has 6 heteroatoms. The molecule has 2 aromatic heterocycles. The first-order valence-electron chi connectivity index (χ1n) is 7.33. The Balaban J connectivity index is 1.78. The van der Waals surface area contributed by atoms with E-state index in [1.807, 2.05) is 11.6 Å². The molecule has 1 saturated carbocycles. The van der Waals surface area contributed by atoms with Gasteiger partial charge in [0.2, 0.25) is 11.7 Å². The SMILES string of the molecule is CCCNC1CCCC1c1nc(-c2cncn2C)no1. The topological polar surface area (TPSA) is 68.8 Å². The average Bonchev–Trinajstić information content (AvgIpc) is 3.15. The van der Waals surface area contributed by atoms with Crippen LogP contribution >= 0.6 is 0 Å². The van der Waals surface area contributed by atoms with Gasteiger partial charge in [0.1, 0.15) is 5.69 Å². The molecule has 0 amide bonds. The number of rotatable bonds is 5. The largest absolute Gasteiger partial charge is 0.339 e. The Hall–Kier alpha value is -1.69. The van der Waals surface area contributed by atoms with Crippen LogP contribution in [0.25, 0.3) is 11.5 Å². The third-order valence-electron chi connectivity index (χ3n) is 3.98. The zero-order chi connectivity index (χ0) is 13.9. The van der Waals surface area contributed by atoms with Crippen LogP contribution in [0.2, 0.25) is 0 Å². The van der Waals surface area contributed by atoms with Gasteiger partial charge in [-0.3, -0.25) is 0 Å². The molecule has 1 aliphatic carbocycles. The molecule has 3 rings (SSSR count). The maximum absolute atomic E-state index is 5.50. The summed E-state index contributed by atoms with van der Waals surface area (Å²) in [4.78, 5) is 8.66. The lowest BCUT2D eigenvalue weighted by atomic mass is 10.0. The van der Waals surface area contributed by atoms with Gasteiger partial charge < -0.3 is 14.4 Å². The number of nitrogens with one attached hydrogen (secondary N) is 1. The molecule has 2 aromatic rings. The summed E-state index contributed by atoms with van der Waals surface area (Å²) in [6, 6.07) is 0.467. The summed E-state index contributed by atoms with van der Waals surface area (Å²) < 4.78 is 7.39. The van der Waals surface area contributed by atoms with Gasteiger partial charge in [0.25, 0.3) is 0 Å². The van der Waals surface area contributed by atoms with Crippen molar-refractivity contribution in [2.24, 2.45) is 7.05 Å². The van der Waals surface area contributed by atoms with E-state index in [0.29, 0.717) is 17.8 Å². The molecule has 0 radical (unpaired) electrons. The van der Waals surface area contributed by atoms with Crippen LogP contribution in [-0.4, -0.2) is 32.3 Å². The highest BCUT2D eigenvalue weighted by Gasteiger charge is 2.32. The Kier molecular flexibility index (Phi) is 3.82. The highest BCUT2D eigenvalue weighted by atomic mass is 16.5. The van der Waals surface area contributed by atoms with Gasteiger partial charge >= 0.3 is 0 Å². The fourth-order valence-electron chi connectivity index (χ4n) is 2.89. The van der Waals surface area contributed by atoms with Gasteiger partial charge in [-0.15, -0.1) is 0 Å². The second-order valence-electron chi connectivity index (χ2n) is 5.44. The molecule has 0 spiro atoms. The molecule has 0 aliphatic heterocycles. The van der Waals surface area contributed by atoms with Crippen LogP contribution in [0.3, 0.4) is 0 Å². The van der Waals surface area contributed by atoms with Crippen molar-refractivity contribution in [2.75, 3.05) is 6.54 Å². The van der Waals surface area contributed by atoms with E-state index in [2.05, 4.69) is 27.4 Å². The van der Waals surface area contributed by atoms with Crippen molar-refractivity contribution < 1.29 is 4.52 Å². The second kappa shape index (κ2) is 5.75. The minimum atomic E-state index is 0.344. The lowest BCUT2D eigenvalue weighted by molar-refractivity contribution is 0.330. The molecular formula is C14H21N5O. The van der Waals surface area contributed by atoms with E-state index < -0.39 is 0 Å². The molecule has 2 atom stereocenters. The van der Waals surface area contributed by atoms with Crippen LogP contribution in [-0.2, 0) is 7.05 Å². The van der Waals surface area contributed by atoms with E-state index in [-0.39, 0.29) is 0 Å². The van der Waals surface area contributed by atoms with Gasteiger partial charge in [-0.05, 0) is 25.8 Å². The lowest BCUT2D eigenvalue weighted by Gasteiger charge is -2.17. The van der Waals surface area contributed by atoms with Crippen LogP contribution in [0, 0.1) is 0 Å². The van der Waals surface area contributed by atoms with E-state index in [0.717, 1.165) is 31.0 Å². The quantitative estimate of drug-likeness (QED) is 0.905. The van der Waals surface area contributed by atoms with Crippen molar-refractivity contribution in [1.82, 2.24) is 25.0 Å². The molecule has 6 nitrogen and oxygen atoms in total. The summed E-state index contributed by atoms with van der Waals surface area (Å²) in [6.07, 6.45) is 8.17. The number of imidazole rings is 1. The predicted octanol–water partition coefficient (Wildman–Crippen LogP) is 2.11. The maximum atomic E-state index is 5.50. The van der Waals surface area contributed by atoms with E-state index >= 15 is 0 Å². The second-order valence-corrected chi connectivity index (χ2v) is 5.44. The summed E-state index contributed by atoms with van der Waals surface area (Å²) in [5.74, 6) is 1.73. The predicted molar refractivity (Wildman–Crippen MR) is 75.2 cm³/mol. The Morgan fingerprint density at radius 1 is 1.45 bits per heavy atom. The number of aryl methyl sites for hydroxylation is 1. The molecule has 0 aromatic carbocycles. The Morgan fingerprint density at radius 3 is 3.10 bits per heavy atom. The van der Waals surface area contributed by atoms with Crippen molar-refractivity contribution in [3.05, 3.63) is 18.4 Å². The van der Waals surface area contributed by atoms with Crippen LogP contribution in [0.1, 0.15) is 44.4 Å². The first kappa shape index (κ1) is 13.3. The Morgan fingerprint density at radius 2 is 2.35 bits per heavy atom. The fraction of sp³-hybridized carbons (Fsp3) is 0.643. The Bertz CT molecular complexity index is 561. The molecule has 0 saturated heterocycles. The lowest BCUT2D eigenvalue weighted by Crippen LogP contribution is -2.31.